The van der Waals surface area contributed by atoms with Crippen LogP contribution in [0.5, 0.6) is 0 Å². The molecule has 2 aliphatic rings. The smallest absolute Gasteiger partial charge is 0.444 e. The highest BCUT2D eigenvalue weighted by Crippen LogP contribution is 2.33. The van der Waals surface area contributed by atoms with E-state index in [0.717, 1.165) is 5.56 Å². The molecule has 0 saturated carbocycles. The van der Waals surface area contributed by atoms with E-state index in [2.05, 4.69) is 10.2 Å². The molecule has 0 unspecified atom stereocenters. The predicted octanol–water partition coefficient (Wildman–Crippen LogP) is 2.25. The van der Waals surface area contributed by atoms with Crippen LogP contribution < -0.4 is 5.32 Å². The van der Waals surface area contributed by atoms with Crippen molar-refractivity contribution in [1.82, 2.24) is 15.1 Å². The van der Waals surface area contributed by atoms with Crippen LogP contribution in [0, 0.1) is 6.57 Å². The summed E-state index contributed by atoms with van der Waals surface area (Å²) in [4.78, 5) is 31.9. The Morgan fingerprint density at radius 3 is 2.62 bits per heavy atom. The molecule has 2 amide bonds. The lowest BCUT2D eigenvalue weighted by Crippen LogP contribution is -2.50. The van der Waals surface area contributed by atoms with Crippen LogP contribution in [0.2, 0.25) is 0 Å². The summed E-state index contributed by atoms with van der Waals surface area (Å²) in [6.45, 7) is 11.1. The van der Waals surface area contributed by atoms with Crippen molar-refractivity contribution in [3.8, 4) is 0 Å². The number of nitrogens with one attached hydrogen (secondary N) is 1. The third kappa shape index (κ3) is 7.99. The Labute approximate surface area is 216 Å². The fourth-order valence-electron chi connectivity index (χ4n) is 4.61. The largest absolute Gasteiger partial charge is 0.475 e. The highest BCUT2D eigenvalue weighted by molar-refractivity contribution is 6.43. The average molecular weight is 518 g/mol. The number of nitrogens with zero attached hydrogens (tertiary/aromatic N) is 3. The van der Waals surface area contributed by atoms with Gasteiger partial charge in [0.15, 0.2) is 0 Å². The van der Waals surface area contributed by atoms with Crippen LogP contribution in [-0.4, -0.2) is 88.7 Å². The van der Waals surface area contributed by atoms with Crippen molar-refractivity contribution >= 4 is 19.1 Å². The zero-order valence-electron chi connectivity index (χ0n) is 21.1. The molecular formula is C25H33BF2N4O5. The van der Waals surface area contributed by atoms with Crippen molar-refractivity contribution in [1.29, 1.82) is 0 Å². The molecule has 2 aliphatic heterocycles. The van der Waals surface area contributed by atoms with Crippen molar-refractivity contribution in [2.24, 2.45) is 0 Å². The molecular weight excluding hydrogens is 485 g/mol. The maximum absolute atomic E-state index is 13.7. The number of carbonyl (C=O) groups excluding carboxylic acids is 2. The molecule has 0 aromatic heterocycles. The molecule has 200 valence electrons. The molecule has 37 heavy (non-hydrogen) atoms. The van der Waals surface area contributed by atoms with Gasteiger partial charge in [-0.25, -0.2) is 18.4 Å². The molecule has 2 atom stereocenters. The van der Waals surface area contributed by atoms with Gasteiger partial charge in [0.25, 0.3) is 11.8 Å². The van der Waals surface area contributed by atoms with Crippen molar-refractivity contribution in [2.75, 3.05) is 26.2 Å². The molecule has 3 rings (SSSR count). The number of hydrogen-bond acceptors (Lipinski definition) is 6. The fraction of sp³-hybridized carbons (Fsp3) is 0.560. The zero-order valence-corrected chi connectivity index (χ0v) is 21.1. The molecule has 0 bridgehead atoms. The lowest BCUT2D eigenvalue weighted by molar-refractivity contribution is -0.129. The Hall–Kier alpha value is -3.01. The van der Waals surface area contributed by atoms with E-state index in [1.807, 2.05) is 6.07 Å². The number of halogens is 2. The van der Waals surface area contributed by atoms with E-state index in [4.69, 9.17) is 11.3 Å². The van der Waals surface area contributed by atoms with Gasteiger partial charge in [0.2, 0.25) is 5.70 Å². The monoisotopic (exact) mass is 518 g/mol. The van der Waals surface area contributed by atoms with E-state index in [9.17, 15) is 28.4 Å². The Kier molecular flexibility index (Phi) is 9.28. The standard InChI is InChI=1S/C25H33BF2N4O5/c1-24(2,32-13-11-25(27,28)17-32)15-20(29-3)22(33)31-12-7-10-19(16-31)37-23(34)30-21(26(35)36)14-18-8-5-4-6-9-18/h4-6,8-9,15,19,21,35-36H,7,10-14,16-17H2,1-2H3,(H,30,34)/t19-,21-/m0/s1. The van der Waals surface area contributed by atoms with Crippen molar-refractivity contribution in [3.05, 3.63) is 59.1 Å². The Balaban J connectivity index is 1.59. The van der Waals surface area contributed by atoms with E-state index < -0.39 is 49.2 Å². The number of alkyl halides is 2. The predicted molar refractivity (Wildman–Crippen MR) is 133 cm³/mol. The number of alkyl carbamates (subject to hydrolysis) is 1. The second kappa shape index (κ2) is 12.0. The summed E-state index contributed by atoms with van der Waals surface area (Å²) < 4.78 is 32.9. The molecule has 9 nitrogen and oxygen atoms in total. The van der Waals surface area contributed by atoms with Gasteiger partial charge in [-0.1, -0.05) is 36.4 Å². The van der Waals surface area contributed by atoms with Crippen LogP contribution in [0.3, 0.4) is 0 Å². The first-order chi connectivity index (χ1) is 17.4. The first-order valence-corrected chi connectivity index (χ1v) is 12.3. The average Bonchev–Trinajstić information content (AvgIpc) is 3.23. The van der Waals surface area contributed by atoms with Gasteiger partial charge in [-0.05, 0) is 38.7 Å². The first-order valence-electron chi connectivity index (χ1n) is 12.3. The van der Waals surface area contributed by atoms with Crippen molar-refractivity contribution in [3.63, 3.8) is 0 Å². The Bertz CT molecular complexity index is 1030. The van der Waals surface area contributed by atoms with E-state index in [0.29, 0.717) is 19.4 Å². The van der Waals surface area contributed by atoms with Gasteiger partial charge in [0, 0.05) is 25.0 Å². The van der Waals surface area contributed by atoms with Gasteiger partial charge < -0.3 is 25.0 Å². The highest BCUT2D eigenvalue weighted by Gasteiger charge is 2.43. The van der Waals surface area contributed by atoms with E-state index in [1.54, 1.807) is 43.0 Å². The van der Waals surface area contributed by atoms with E-state index in [1.165, 1.54) is 11.0 Å². The minimum Gasteiger partial charge on any atom is -0.444 e. The summed E-state index contributed by atoms with van der Waals surface area (Å²) in [5, 5.41) is 21.8. The van der Waals surface area contributed by atoms with Crippen LogP contribution in [0.4, 0.5) is 13.6 Å². The highest BCUT2D eigenvalue weighted by atomic mass is 19.3. The van der Waals surface area contributed by atoms with Crippen LogP contribution in [0.15, 0.2) is 42.1 Å². The summed E-state index contributed by atoms with van der Waals surface area (Å²) in [5.41, 5.74) is -0.286. The van der Waals surface area contributed by atoms with Gasteiger partial charge in [0.05, 0.1) is 25.6 Å². The maximum Gasteiger partial charge on any atom is 0.475 e. The number of rotatable bonds is 8. The first kappa shape index (κ1) is 28.6. The van der Waals surface area contributed by atoms with E-state index in [-0.39, 0.29) is 31.6 Å². The zero-order chi connectivity index (χ0) is 27.2. The third-order valence-electron chi connectivity index (χ3n) is 6.71. The maximum atomic E-state index is 13.7. The summed E-state index contributed by atoms with van der Waals surface area (Å²) >= 11 is 0. The molecule has 1 aromatic rings. The van der Waals surface area contributed by atoms with E-state index >= 15 is 0 Å². The molecule has 1 aromatic carbocycles. The summed E-state index contributed by atoms with van der Waals surface area (Å²) in [6, 6.07) is 9.02. The molecule has 0 radical (unpaired) electrons. The fourth-order valence-corrected chi connectivity index (χ4v) is 4.61. The number of piperidine rings is 1. The Morgan fingerprint density at radius 2 is 2.03 bits per heavy atom. The SMILES string of the molecule is [C-]#[N+]C(=CC(C)(C)N1CCC(F)(F)C1)C(=O)N1CCC[C@H](OC(=O)N[C@@H](Cc2ccccc2)B(O)O)C1. The number of benzene rings is 1. The van der Waals surface area contributed by atoms with Crippen LogP contribution in [-0.2, 0) is 16.0 Å². The molecule has 12 heteroatoms. The van der Waals surface area contributed by atoms with Crippen LogP contribution in [0.1, 0.15) is 38.7 Å². The molecule has 0 aliphatic carbocycles. The van der Waals surface area contributed by atoms with Crippen molar-refractivity contribution in [2.45, 2.75) is 63.0 Å². The molecule has 2 heterocycles. The number of ether oxygens (including phenoxy) is 1. The molecule has 2 fully saturated rings. The summed E-state index contributed by atoms with van der Waals surface area (Å²) in [5.74, 6) is -4.33. The quantitative estimate of drug-likeness (QED) is 0.277. The number of amides is 2. The van der Waals surface area contributed by atoms with Gasteiger partial charge in [0.1, 0.15) is 6.10 Å². The lowest BCUT2D eigenvalue weighted by atomic mass is 9.76. The molecule has 2 saturated heterocycles. The topological polar surface area (TPSA) is 107 Å². The minimum absolute atomic E-state index is 0.0619. The number of hydrogen-bond donors (Lipinski definition) is 3. The van der Waals surface area contributed by atoms with Gasteiger partial charge in [-0.15, -0.1) is 0 Å². The number of likely N-dealkylation sites (tertiary alicyclic amines) is 2. The number of carbonyl (C=O) groups is 2. The summed E-state index contributed by atoms with van der Waals surface area (Å²) in [7, 11) is -1.80. The van der Waals surface area contributed by atoms with Gasteiger partial charge in [-0.2, -0.15) is 0 Å². The van der Waals surface area contributed by atoms with Crippen LogP contribution >= 0.6 is 0 Å². The van der Waals surface area contributed by atoms with Gasteiger partial charge >= 0.3 is 13.2 Å². The second-order valence-corrected chi connectivity index (χ2v) is 10.1. The van der Waals surface area contributed by atoms with Gasteiger partial charge in [-0.3, -0.25) is 9.69 Å². The summed E-state index contributed by atoms with van der Waals surface area (Å²) in [6.07, 6.45) is 0.880. The van der Waals surface area contributed by atoms with Crippen molar-refractivity contribution < 1.29 is 33.2 Å². The van der Waals surface area contributed by atoms with Crippen LogP contribution in [0.25, 0.3) is 4.85 Å². The second-order valence-electron chi connectivity index (χ2n) is 10.1. The molecule has 3 N–H and O–H groups in total. The third-order valence-corrected chi connectivity index (χ3v) is 6.71. The normalized spacial score (nSPS) is 21.2. The minimum atomic E-state index is -2.79. The lowest BCUT2D eigenvalue weighted by Gasteiger charge is -2.35. The molecule has 0 spiro atoms. The Morgan fingerprint density at radius 1 is 1.32 bits per heavy atom.